The maximum absolute atomic E-state index is 13.1. The topological polar surface area (TPSA) is 64.7 Å². The highest BCUT2D eigenvalue weighted by Gasteiger charge is 2.18. The molecule has 0 saturated carbocycles. The normalized spacial score (nSPS) is 12.2. The Labute approximate surface area is 159 Å². The summed E-state index contributed by atoms with van der Waals surface area (Å²) in [6.07, 6.45) is 4.82. The van der Waals surface area contributed by atoms with E-state index in [0.717, 1.165) is 5.56 Å². The van der Waals surface area contributed by atoms with Gasteiger partial charge in [0.2, 0.25) is 5.91 Å². The lowest BCUT2D eigenvalue weighted by Gasteiger charge is -2.11. The van der Waals surface area contributed by atoms with Crippen molar-refractivity contribution in [3.63, 3.8) is 0 Å². The highest BCUT2D eigenvalue weighted by molar-refractivity contribution is 6.31. The molecule has 3 aromatic rings. The summed E-state index contributed by atoms with van der Waals surface area (Å²) in [5.74, 6) is -0.640. The standard InChI is InChI=1S/C17H16Cl2FN5O/c1-10-16(19)9-25(23-10)11(2)17(26)22-14-6-21-24(8-14)7-12-3-4-13(20)5-15(12)18/h3-6,8-9,11H,7H2,1-2H3,(H,22,26). The first-order chi connectivity index (χ1) is 12.3. The molecule has 9 heteroatoms. The molecule has 1 aromatic carbocycles. The Hall–Kier alpha value is -2.38. The largest absolute Gasteiger partial charge is 0.322 e. The third-order valence-corrected chi connectivity index (χ3v) is 4.60. The maximum Gasteiger partial charge on any atom is 0.249 e. The smallest absolute Gasteiger partial charge is 0.249 e. The van der Waals surface area contributed by atoms with Gasteiger partial charge in [0, 0.05) is 17.4 Å². The lowest BCUT2D eigenvalue weighted by molar-refractivity contribution is -0.119. The van der Waals surface area contributed by atoms with Crippen molar-refractivity contribution in [2.24, 2.45) is 0 Å². The molecule has 0 aliphatic heterocycles. The average Bonchev–Trinajstić information content (AvgIpc) is 3.16. The molecule has 0 saturated heterocycles. The van der Waals surface area contributed by atoms with E-state index < -0.39 is 11.9 Å². The Kier molecular flexibility index (Phi) is 5.29. The summed E-state index contributed by atoms with van der Waals surface area (Å²) >= 11 is 12.0. The molecule has 6 nitrogen and oxygen atoms in total. The molecule has 2 heterocycles. The van der Waals surface area contributed by atoms with Gasteiger partial charge in [-0.1, -0.05) is 29.3 Å². The van der Waals surface area contributed by atoms with Gasteiger partial charge < -0.3 is 5.32 Å². The number of aromatic nitrogens is 4. The first kappa shape index (κ1) is 18.4. The van der Waals surface area contributed by atoms with Gasteiger partial charge in [-0.25, -0.2) is 4.39 Å². The van der Waals surface area contributed by atoms with Crippen molar-refractivity contribution in [2.75, 3.05) is 5.32 Å². The second kappa shape index (κ2) is 7.47. The summed E-state index contributed by atoms with van der Waals surface area (Å²) in [6, 6.07) is 3.66. The van der Waals surface area contributed by atoms with E-state index in [9.17, 15) is 9.18 Å². The predicted octanol–water partition coefficient (Wildman–Crippen LogP) is 4.08. The van der Waals surface area contributed by atoms with E-state index in [1.54, 1.807) is 37.0 Å². The minimum atomic E-state index is -0.531. The van der Waals surface area contributed by atoms with Crippen molar-refractivity contribution in [2.45, 2.75) is 26.4 Å². The van der Waals surface area contributed by atoms with Crippen molar-refractivity contribution >= 4 is 34.8 Å². The van der Waals surface area contributed by atoms with Crippen LogP contribution in [0.3, 0.4) is 0 Å². The van der Waals surface area contributed by atoms with E-state index in [0.29, 0.717) is 28.0 Å². The molecule has 1 N–H and O–H groups in total. The van der Waals surface area contributed by atoms with Gasteiger partial charge in [0.25, 0.3) is 0 Å². The van der Waals surface area contributed by atoms with Gasteiger partial charge in [-0.05, 0) is 31.5 Å². The highest BCUT2D eigenvalue weighted by atomic mass is 35.5. The monoisotopic (exact) mass is 395 g/mol. The lowest BCUT2D eigenvalue weighted by atomic mass is 10.2. The summed E-state index contributed by atoms with van der Waals surface area (Å²) < 4.78 is 16.2. The Balaban J connectivity index is 1.67. The molecule has 1 amide bonds. The predicted molar refractivity (Wildman–Crippen MR) is 98.1 cm³/mol. The van der Waals surface area contributed by atoms with Gasteiger partial charge in [-0.15, -0.1) is 0 Å². The third kappa shape index (κ3) is 4.05. The molecule has 0 aliphatic carbocycles. The molecule has 0 spiro atoms. The first-order valence-corrected chi connectivity index (χ1v) is 8.57. The third-order valence-electron chi connectivity index (χ3n) is 3.88. The van der Waals surface area contributed by atoms with Crippen LogP contribution in [0.1, 0.15) is 24.2 Å². The van der Waals surface area contributed by atoms with E-state index in [1.807, 2.05) is 0 Å². The lowest BCUT2D eigenvalue weighted by Crippen LogP contribution is -2.23. The van der Waals surface area contributed by atoms with Crippen LogP contribution in [0.15, 0.2) is 36.8 Å². The summed E-state index contributed by atoms with van der Waals surface area (Å²) in [5, 5.41) is 12.0. The van der Waals surface area contributed by atoms with Crippen LogP contribution in [0, 0.1) is 12.7 Å². The van der Waals surface area contributed by atoms with Gasteiger partial charge in [0.05, 0.1) is 29.1 Å². The van der Waals surface area contributed by atoms with Crippen molar-refractivity contribution in [1.82, 2.24) is 19.6 Å². The number of rotatable bonds is 5. The van der Waals surface area contributed by atoms with Crippen LogP contribution in [0.5, 0.6) is 0 Å². The van der Waals surface area contributed by atoms with Crippen LogP contribution < -0.4 is 5.32 Å². The number of hydrogen-bond acceptors (Lipinski definition) is 3. The van der Waals surface area contributed by atoms with Crippen LogP contribution in [0.25, 0.3) is 0 Å². The van der Waals surface area contributed by atoms with E-state index in [2.05, 4.69) is 15.5 Å². The number of amides is 1. The molecule has 3 rings (SSSR count). The van der Waals surface area contributed by atoms with Gasteiger partial charge in [-0.2, -0.15) is 10.2 Å². The molecular weight excluding hydrogens is 380 g/mol. The Morgan fingerprint density at radius 3 is 2.73 bits per heavy atom. The zero-order valence-electron chi connectivity index (χ0n) is 14.1. The molecule has 0 bridgehead atoms. The van der Waals surface area contributed by atoms with Gasteiger partial charge in [0.15, 0.2) is 0 Å². The molecule has 1 unspecified atom stereocenters. The maximum atomic E-state index is 13.1. The molecule has 0 fully saturated rings. The average molecular weight is 396 g/mol. The number of hydrogen-bond donors (Lipinski definition) is 1. The molecular formula is C17H16Cl2FN5O. The number of nitrogens with one attached hydrogen (secondary N) is 1. The molecule has 2 aromatic heterocycles. The Morgan fingerprint density at radius 2 is 2.08 bits per heavy atom. The quantitative estimate of drug-likeness (QED) is 0.707. The SMILES string of the molecule is Cc1nn(C(C)C(=O)Nc2cnn(Cc3ccc(F)cc3Cl)c2)cc1Cl. The second-order valence-corrected chi connectivity index (χ2v) is 6.68. The van der Waals surface area contributed by atoms with Gasteiger partial charge in [-0.3, -0.25) is 14.2 Å². The first-order valence-electron chi connectivity index (χ1n) is 7.82. The molecule has 26 heavy (non-hydrogen) atoms. The van der Waals surface area contributed by atoms with E-state index in [1.165, 1.54) is 23.0 Å². The number of halogens is 3. The van der Waals surface area contributed by atoms with E-state index in [4.69, 9.17) is 23.2 Å². The van der Waals surface area contributed by atoms with Crippen LogP contribution >= 0.6 is 23.2 Å². The molecule has 0 aliphatic rings. The van der Waals surface area contributed by atoms with Crippen LogP contribution in [-0.4, -0.2) is 25.5 Å². The summed E-state index contributed by atoms with van der Waals surface area (Å²) in [5.41, 5.74) is 1.93. The summed E-state index contributed by atoms with van der Waals surface area (Å²) in [4.78, 5) is 12.4. The minimum absolute atomic E-state index is 0.247. The highest BCUT2D eigenvalue weighted by Crippen LogP contribution is 2.20. The van der Waals surface area contributed by atoms with E-state index >= 15 is 0 Å². The zero-order chi connectivity index (χ0) is 18.8. The van der Waals surface area contributed by atoms with Gasteiger partial charge >= 0.3 is 0 Å². The molecule has 136 valence electrons. The van der Waals surface area contributed by atoms with Crippen molar-refractivity contribution < 1.29 is 9.18 Å². The number of anilines is 1. The van der Waals surface area contributed by atoms with Crippen molar-refractivity contribution in [1.29, 1.82) is 0 Å². The van der Waals surface area contributed by atoms with Crippen molar-refractivity contribution in [3.05, 3.63) is 63.9 Å². The minimum Gasteiger partial charge on any atom is -0.322 e. The Morgan fingerprint density at radius 1 is 1.31 bits per heavy atom. The molecule has 0 radical (unpaired) electrons. The van der Waals surface area contributed by atoms with Crippen molar-refractivity contribution in [3.8, 4) is 0 Å². The van der Waals surface area contributed by atoms with Gasteiger partial charge in [0.1, 0.15) is 11.9 Å². The fraction of sp³-hybridized carbons (Fsp3) is 0.235. The number of nitrogens with zero attached hydrogens (tertiary/aromatic N) is 4. The Bertz CT molecular complexity index is 933. The second-order valence-electron chi connectivity index (χ2n) is 5.87. The fourth-order valence-electron chi connectivity index (χ4n) is 2.36. The number of carbonyl (C=O) groups is 1. The zero-order valence-corrected chi connectivity index (χ0v) is 15.6. The molecule has 1 atom stereocenters. The van der Waals surface area contributed by atoms with Crippen LogP contribution in [-0.2, 0) is 11.3 Å². The van der Waals surface area contributed by atoms with E-state index in [-0.39, 0.29) is 5.91 Å². The number of benzene rings is 1. The summed E-state index contributed by atoms with van der Waals surface area (Å²) in [7, 11) is 0. The number of carbonyl (C=O) groups excluding carboxylic acids is 1. The van der Waals surface area contributed by atoms with Crippen LogP contribution in [0.4, 0.5) is 10.1 Å². The number of aryl methyl sites for hydroxylation is 1. The van der Waals surface area contributed by atoms with Crippen LogP contribution in [0.2, 0.25) is 10.0 Å². The fourth-order valence-corrected chi connectivity index (χ4v) is 2.73. The summed E-state index contributed by atoms with van der Waals surface area (Å²) in [6.45, 7) is 3.85.